The van der Waals surface area contributed by atoms with Crippen LogP contribution >= 0.6 is 0 Å². The quantitative estimate of drug-likeness (QED) is 0.309. The largest absolute Gasteiger partial charge is 0.495 e. The summed E-state index contributed by atoms with van der Waals surface area (Å²) < 4.78 is 67.3. The highest BCUT2D eigenvalue weighted by Crippen LogP contribution is 2.37. The van der Waals surface area contributed by atoms with Gasteiger partial charge in [0.05, 0.1) is 23.4 Å². The Morgan fingerprint density at radius 3 is 2.03 bits per heavy atom. The van der Waals surface area contributed by atoms with Crippen LogP contribution in [0, 0.1) is 0 Å². The predicted molar refractivity (Wildman–Crippen MR) is 115 cm³/mol. The smallest absolute Gasteiger partial charge is 0.457 e. The summed E-state index contributed by atoms with van der Waals surface area (Å²) in [5.74, 6) is 0.752. The maximum Gasteiger partial charge on any atom is 0.495 e. The number of ether oxygens (including phenoxy) is 3. The molecule has 174 valence electrons. The topological polar surface area (TPSA) is 46.2 Å². The minimum atomic E-state index is -4.39. The summed E-state index contributed by atoms with van der Waals surface area (Å²) in [5.41, 5.74) is -0.175. The number of hydrogen-bond acceptors (Lipinski definition) is 5. The van der Waals surface area contributed by atoms with Crippen LogP contribution in [-0.4, -0.2) is 31.7 Å². The van der Waals surface area contributed by atoms with Gasteiger partial charge in [-0.25, -0.2) is 0 Å². The second-order valence-electron chi connectivity index (χ2n) is 8.53. The molecule has 32 heavy (non-hydrogen) atoms. The van der Waals surface area contributed by atoms with Gasteiger partial charge in [-0.3, -0.25) is 0 Å². The van der Waals surface area contributed by atoms with E-state index >= 15 is 0 Å². The molecule has 1 saturated heterocycles. The van der Waals surface area contributed by atoms with Crippen LogP contribution in [0.1, 0.15) is 45.7 Å². The molecule has 9 heteroatoms. The first kappa shape index (κ1) is 24.6. The van der Waals surface area contributed by atoms with Crippen LogP contribution in [0.3, 0.4) is 0 Å². The molecule has 0 aliphatic carbocycles. The third kappa shape index (κ3) is 5.64. The highest BCUT2D eigenvalue weighted by molar-refractivity contribution is 6.62. The van der Waals surface area contributed by atoms with Crippen molar-refractivity contribution in [3.05, 3.63) is 53.6 Å². The summed E-state index contributed by atoms with van der Waals surface area (Å²) in [5, 5.41) is 0. The van der Waals surface area contributed by atoms with Crippen LogP contribution in [0.4, 0.5) is 13.2 Å². The zero-order chi connectivity index (χ0) is 23.6. The molecule has 1 aliphatic heterocycles. The maximum absolute atomic E-state index is 12.8. The predicted octanol–water partition coefficient (Wildman–Crippen LogP) is 5.31. The molecule has 0 bridgehead atoms. The van der Waals surface area contributed by atoms with Crippen molar-refractivity contribution in [2.24, 2.45) is 0 Å². The summed E-state index contributed by atoms with van der Waals surface area (Å²) in [6.07, 6.45) is -4.39. The number of alkyl halides is 3. The van der Waals surface area contributed by atoms with Crippen LogP contribution in [0.5, 0.6) is 11.5 Å². The second-order valence-corrected chi connectivity index (χ2v) is 8.53. The Kier molecular flexibility index (Phi) is 7.24. The lowest BCUT2D eigenvalue weighted by atomic mass is 9.76. The summed E-state index contributed by atoms with van der Waals surface area (Å²) >= 11 is 0. The molecule has 0 saturated carbocycles. The van der Waals surface area contributed by atoms with E-state index in [4.69, 9.17) is 23.5 Å². The Hall–Kier alpha value is -2.07. The molecule has 2 aromatic rings. The molecule has 1 heterocycles. The van der Waals surface area contributed by atoms with Gasteiger partial charge in [0.25, 0.3) is 0 Å². The standard InChI is InChI=1S/C23H28BF3O5/c1-6-28-15-29-14-16-13-19(30-18-9-7-17(8-10-18)23(25,26)27)11-12-20(16)24-31-21(2,3)22(4,5)32-24/h7-13H,6,14-15H2,1-5H3. The Morgan fingerprint density at radius 2 is 1.47 bits per heavy atom. The lowest BCUT2D eigenvalue weighted by molar-refractivity contribution is -0.137. The molecule has 0 N–H and O–H groups in total. The minimum Gasteiger partial charge on any atom is -0.457 e. The van der Waals surface area contributed by atoms with E-state index < -0.39 is 30.1 Å². The Balaban J connectivity index is 1.83. The average Bonchev–Trinajstić information content (AvgIpc) is 2.92. The highest BCUT2D eigenvalue weighted by atomic mass is 19.4. The second kappa shape index (κ2) is 9.43. The van der Waals surface area contributed by atoms with Gasteiger partial charge in [-0.1, -0.05) is 6.07 Å². The minimum absolute atomic E-state index is 0.128. The normalized spacial score (nSPS) is 17.6. The van der Waals surface area contributed by atoms with E-state index in [9.17, 15) is 13.2 Å². The average molecular weight is 452 g/mol. The van der Waals surface area contributed by atoms with Crippen molar-refractivity contribution in [3.8, 4) is 11.5 Å². The highest BCUT2D eigenvalue weighted by Gasteiger charge is 2.52. The first-order valence-electron chi connectivity index (χ1n) is 10.4. The van der Waals surface area contributed by atoms with Crippen LogP contribution in [-0.2, 0) is 31.6 Å². The van der Waals surface area contributed by atoms with Gasteiger partial charge in [0.15, 0.2) is 0 Å². The van der Waals surface area contributed by atoms with Crippen LogP contribution in [0.25, 0.3) is 0 Å². The molecule has 0 atom stereocenters. The molecule has 3 rings (SSSR count). The van der Waals surface area contributed by atoms with Crippen LogP contribution in [0.15, 0.2) is 42.5 Å². The summed E-state index contributed by atoms with van der Waals surface area (Å²) in [7, 11) is -0.592. The van der Waals surface area contributed by atoms with Gasteiger partial charge in [-0.2, -0.15) is 13.2 Å². The number of rotatable bonds is 8. The van der Waals surface area contributed by atoms with E-state index in [1.807, 2.05) is 40.7 Å². The van der Waals surface area contributed by atoms with Crippen molar-refractivity contribution in [2.45, 2.75) is 58.6 Å². The molecular formula is C23H28BF3O5. The lowest BCUT2D eigenvalue weighted by Crippen LogP contribution is -2.41. The molecule has 1 fully saturated rings. The molecule has 5 nitrogen and oxygen atoms in total. The molecule has 0 radical (unpaired) electrons. The van der Waals surface area contributed by atoms with Gasteiger partial charge < -0.3 is 23.5 Å². The van der Waals surface area contributed by atoms with Gasteiger partial charge >= 0.3 is 13.3 Å². The van der Waals surface area contributed by atoms with Crippen molar-refractivity contribution in [1.82, 2.24) is 0 Å². The van der Waals surface area contributed by atoms with E-state index in [-0.39, 0.29) is 13.4 Å². The van der Waals surface area contributed by atoms with Crippen molar-refractivity contribution in [1.29, 1.82) is 0 Å². The summed E-state index contributed by atoms with van der Waals surface area (Å²) in [6.45, 7) is 10.6. The van der Waals surface area contributed by atoms with Gasteiger partial charge in [-0.15, -0.1) is 0 Å². The monoisotopic (exact) mass is 452 g/mol. The van der Waals surface area contributed by atoms with Gasteiger partial charge in [-0.05, 0) is 82.0 Å². The van der Waals surface area contributed by atoms with E-state index in [0.29, 0.717) is 18.1 Å². The SMILES string of the molecule is CCOCOCc1cc(Oc2ccc(C(F)(F)F)cc2)ccc1B1OC(C)(C)C(C)(C)O1. The van der Waals surface area contributed by atoms with E-state index in [1.165, 1.54) is 12.1 Å². The van der Waals surface area contributed by atoms with Gasteiger partial charge in [0.2, 0.25) is 0 Å². The van der Waals surface area contributed by atoms with Crippen molar-refractivity contribution in [2.75, 3.05) is 13.4 Å². The number of halogens is 3. The lowest BCUT2D eigenvalue weighted by Gasteiger charge is -2.32. The van der Waals surface area contributed by atoms with Gasteiger partial charge in [0.1, 0.15) is 18.3 Å². The van der Waals surface area contributed by atoms with Crippen LogP contribution < -0.4 is 10.2 Å². The van der Waals surface area contributed by atoms with Crippen molar-refractivity contribution >= 4 is 12.6 Å². The fraction of sp³-hybridized carbons (Fsp3) is 0.478. The Labute approximate surface area is 186 Å². The third-order valence-corrected chi connectivity index (χ3v) is 5.67. The Morgan fingerprint density at radius 1 is 0.875 bits per heavy atom. The summed E-state index contributed by atoms with van der Waals surface area (Å²) in [6, 6.07) is 9.86. The number of hydrogen-bond donors (Lipinski definition) is 0. The molecule has 0 aromatic heterocycles. The molecule has 0 spiro atoms. The van der Waals surface area contributed by atoms with Gasteiger partial charge in [0, 0.05) is 6.61 Å². The molecule has 2 aromatic carbocycles. The van der Waals surface area contributed by atoms with Crippen LogP contribution in [0.2, 0.25) is 0 Å². The van der Waals surface area contributed by atoms with E-state index in [2.05, 4.69) is 0 Å². The van der Waals surface area contributed by atoms with E-state index in [0.717, 1.165) is 23.2 Å². The number of benzene rings is 2. The van der Waals surface area contributed by atoms with Crippen molar-refractivity contribution < 1.29 is 36.7 Å². The summed E-state index contributed by atoms with van der Waals surface area (Å²) in [4.78, 5) is 0. The zero-order valence-electron chi connectivity index (χ0n) is 18.9. The molecule has 0 unspecified atom stereocenters. The first-order valence-corrected chi connectivity index (χ1v) is 10.4. The maximum atomic E-state index is 12.8. The molecular weight excluding hydrogens is 424 g/mol. The fourth-order valence-electron chi connectivity index (χ4n) is 3.11. The van der Waals surface area contributed by atoms with E-state index in [1.54, 1.807) is 12.1 Å². The Bertz CT molecular complexity index is 897. The first-order chi connectivity index (χ1) is 14.9. The molecule has 0 amide bonds. The van der Waals surface area contributed by atoms with Crippen molar-refractivity contribution in [3.63, 3.8) is 0 Å². The molecule has 1 aliphatic rings. The zero-order valence-corrected chi connectivity index (χ0v) is 18.9. The fourth-order valence-corrected chi connectivity index (χ4v) is 3.11. The third-order valence-electron chi connectivity index (χ3n) is 5.67.